The zero-order valence-corrected chi connectivity index (χ0v) is 26.3. The summed E-state index contributed by atoms with van der Waals surface area (Å²) in [5, 5.41) is 9.90. The maximum Gasteiger partial charge on any atom is 0.224 e. The molecule has 46 heavy (non-hydrogen) atoms. The Morgan fingerprint density at radius 1 is 1.02 bits per heavy atom. The molecule has 0 spiro atoms. The van der Waals surface area contributed by atoms with Crippen LogP contribution in [0.1, 0.15) is 32.8 Å². The largest absolute Gasteiger partial charge is 0.337 e. The van der Waals surface area contributed by atoms with Crippen molar-refractivity contribution < 1.29 is 22.0 Å². The molecule has 0 unspecified atom stereocenters. The molecule has 0 fully saturated rings. The first-order valence-corrected chi connectivity index (χ1v) is 16.4. The minimum atomic E-state index is -3.25. The molecule has 5 heterocycles. The predicted octanol–water partition coefficient (Wildman–Crippen LogP) is 5.87. The summed E-state index contributed by atoms with van der Waals surface area (Å²) in [6, 6.07) is 7.58. The van der Waals surface area contributed by atoms with E-state index in [0.717, 1.165) is 6.26 Å². The first-order chi connectivity index (χ1) is 21.7. The van der Waals surface area contributed by atoms with Crippen LogP contribution in [0.2, 0.25) is 0 Å². The Morgan fingerprint density at radius 2 is 1.83 bits per heavy atom. The molecule has 14 heteroatoms. The van der Waals surface area contributed by atoms with Crippen LogP contribution in [0.5, 0.6) is 0 Å². The molecular weight excluding hydrogens is 614 g/mol. The zero-order chi connectivity index (χ0) is 32.8. The number of imidazole rings is 1. The average Bonchev–Trinajstić information content (AvgIpc) is 3.59. The number of hydrogen-bond donors (Lipinski definition) is 3. The van der Waals surface area contributed by atoms with E-state index in [1.54, 1.807) is 18.2 Å². The summed E-state index contributed by atoms with van der Waals surface area (Å²) in [7, 11) is -3.25. The number of nitrogens with zero attached hydrogens (tertiary/aromatic N) is 5. The molecule has 236 valence electrons. The van der Waals surface area contributed by atoms with Gasteiger partial charge in [0.15, 0.2) is 11.5 Å². The predicted molar refractivity (Wildman–Crippen MR) is 171 cm³/mol. The first kappa shape index (κ1) is 30.9. The molecule has 1 amide bonds. The van der Waals surface area contributed by atoms with E-state index < -0.39 is 21.5 Å². The van der Waals surface area contributed by atoms with Gasteiger partial charge in [0.05, 0.1) is 34.2 Å². The number of aromatic nitrogens is 7. The van der Waals surface area contributed by atoms with Crippen molar-refractivity contribution in [3.8, 4) is 33.9 Å². The fourth-order valence-electron chi connectivity index (χ4n) is 5.17. The third kappa shape index (κ3) is 6.61. The van der Waals surface area contributed by atoms with Gasteiger partial charge in [0.1, 0.15) is 32.7 Å². The van der Waals surface area contributed by atoms with Crippen molar-refractivity contribution in [1.82, 2.24) is 35.1 Å². The maximum absolute atomic E-state index is 16.2. The third-order valence-corrected chi connectivity index (χ3v) is 8.12. The molecule has 0 aliphatic carbocycles. The standard InChI is InChI=1S/C32H30F2N8O3S/c1-32(2,3)13-24(43)38-21-12-19(14-35-15-21)22-16-37-30-25(26(22)34)29(41-42-30)31-39-23-5-7-36-27(28(23)40-31)18-9-17(10-20(33)11-18)6-8-46(4,44)45/h5,7,9-12,14-16H,6,8,13H2,1-4H3,(H,38,43)(H,39,40)(H,37,41,42). The highest BCUT2D eigenvalue weighted by Gasteiger charge is 2.22. The smallest absolute Gasteiger partial charge is 0.224 e. The molecule has 0 saturated heterocycles. The van der Waals surface area contributed by atoms with Crippen molar-refractivity contribution in [1.29, 1.82) is 0 Å². The summed E-state index contributed by atoms with van der Waals surface area (Å²) < 4.78 is 54.2. The van der Waals surface area contributed by atoms with Crippen molar-refractivity contribution in [3.63, 3.8) is 0 Å². The summed E-state index contributed by atoms with van der Waals surface area (Å²) in [5.41, 5.74) is 3.36. The van der Waals surface area contributed by atoms with E-state index in [0.29, 0.717) is 45.5 Å². The maximum atomic E-state index is 16.2. The number of hydrogen-bond acceptors (Lipinski definition) is 8. The van der Waals surface area contributed by atoms with Gasteiger partial charge < -0.3 is 10.3 Å². The van der Waals surface area contributed by atoms with Crippen LogP contribution in [0.15, 0.2) is 55.1 Å². The molecule has 0 saturated carbocycles. The Labute approximate surface area is 262 Å². The van der Waals surface area contributed by atoms with Crippen LogP contribution in [0, 0.1) is 17.0 Å². The lowest BCUT2D eigenvalue weighted by Gasteiger charge is -2.17. The molecule has 6 aromatic rings. The number of benzene rings is 1. The number of sulfone groups is 1. The zero-order valence-electron chi connectivity index (χ0n) is 25.4. The van der Waals surface area contributed by atoms with Gasteiger partial charge in [-0.2, -0.15) is 5.10 Å². The monoisotopic (exact) mass is 644 g/mol. The van der Waals surface area contributed by atoms with E-state index in [2.05, 4.69) is 40.4 Å². The van der Waals surface area contributed by atoms with Crippen LogP contribution in [0.25, 0.3) is 56.0 Å². The molecule has 11 nitrogen and oxygen atoms in total. The molecule has 0 radical (unpaired) electrons. The Bertz CT molecular complexity index is 2240. The third-order valence-electron chi connectivity index (χ3n) is 7.17. The van der Waals surface area contributed by atoms with Crippen LogP contribution in [-0.2, 0) is 21.1 Å². The molecule has 5 aromatic heterocycles. The van der Waals surface area contributed by atoms with Gasteiger partial charge >= 0.3 is 0 Å². The second kappa shape index (κ2) is 11.7. The Morgan fingerprint density at radius 3 is 2.59 bits per heavy atom. The van der Waals surface area contributed by atoms with Crippen molar-refractivity contribution >= 4 is 43.5 Å². The highest BCUT2D eigenvalue weighted by Crippen LogP contribution is 2.35. The Hall–Kier alpha value is -5.11. The molecule has 0 aliphatic heterocycles. The molecule has 3 N–H and O–H groups in total. The van der Waals surface area contributed by atoms with Crippen molar-refractivity contribution in [2.75, 3.05) is 17.3 Å². The molecular formula is C32H30F2N8O3S. The van der Waals surface area contributed by atoms with Gasteiger partial charge in [0.2, 0.25) is 5.91 Å². The number of fused-ring (bicyclic) bond motifs is 2. The molecule has 1 aromatic carbocycles. The van der Waals surface area contributed by atoms with Gasteiger partial charge in [-0.05, 0) is 47.7 Å². The van der Waals surface area contributed by atoms with E-state index >= 15 is 4.39 Å². The lowest BCUT2D eigenvalue weighted by Crippen LogP contribution is -2.19. The number of aryl methyl sites for hydroxylation is 1. The molecule has 0 atom stereocenters. The molecule has 0 aliphatic rings. The molecule has 0 bridgehead atoms. The topological polar surface area (TPSA) is 159 Å². The lowest BCUT2D eigenvalue weighted by molar-refractivity contribution is -0.117. The van der Waals surface area contributed by atoms with Gasteiger partial charge in [0, 0.05) is 48.0 Å². The van der Waals surface area contributed by atoms with Crippen molar-refractivity contribution in [3.05, 3.63) is 72.3 Å². The normalized spacial score (nSPS) is 12.2. The highest BCUT2D eigenvalue weighted by molar-refractivity contribution is 7.90. The number of pyridine rings is 3. The van der Waals surface area contributed by atoms with E-state index in [1.807, 2.05) is 20.8 Å². The minimum Gasteiger partial charge on any atom is -0.337 e. The van der Waals surface area contributed by atoms with Gasteiger partial charge in [-0.1, -0.05) is 20.8 Å². The van der Waals surface area contributed by atoms with Gasteiger partial charge in [-0.25, -0.2) is 27.2 Å². The van der Waals surface area contributed by atoms with Crippen molar-refractivity contribution in [2.45, 2.75) is 33.6 Å². The van der Waals surface area contributed by atoms with E-state index in [4.69, 9.17) is 0 Å². The van der Waals surface area contributed by atoms with Crippen LogP contribution in [0.3, 0.4) is 0 Å². The first-order valence-electron chi connectivity index (χ1n) is 14.3. The second-order valence-corrected chi connectivity index (χ2v) is 14.7. The van der Waals surface area contributed by atoms with Gasteiger partial charge in [-0.15, -0.1) is 0 Å². The minimum absolute atomic E-state index is 0.0852. The average molecular weight is 645 g/mol. The number of nitrogens with one attached hydrogen (secondary N) is 3. The summed E-state index contributed by atoms with van der Waals surface area (Å²) in [6.07, 6.45) is 7.43. The van der Waals surface area contributed by atoms with Gasteiger partial charge in [0.25, 0.3) is 0 Å². The van der Waals surface area contributed by atoms with E-state index in [9.17, 15) is 17.6 Å². The number of carbonyl (C=O) groups excluding carboxylic acids is 1. The number of carbonyl (C=O) groups is 1. The van der Waals surface area contributed by atoms with Crippen LogP contribution < -0.4 is 5.32 Å². The SMILES string of the molecule is CC(C)(C)CC(=O)Nc1cncc(-c2cnc3n[nH]c(-c4nc5c(-c6cc(F)cc(CCS(C)(=O)=O)c6)nccc5[nH]4)c3c2F)c1. The van der Waals surface area contributed by atoms with Crippen LogP contribution in [-0.4, -0.2) is 61.5 Å². The Kier molecular flexibility index (Phi) is 7.84. The number of halogens is 2. The fraction of sp³-hybridized carbons (Fsp3) is 0.250. The summed E-state index contributed by atoms with van der Waals surface area (Å²) in [5.74, 6) is -1.21. The quantitative estimate of drug-likeness (QED) is 0.186. The summed E-state index contributed by atoms with van der Waals surface area (Å²) in [4.78, 5) is 33.3. The number of anilines is 1. The molecule has 6 rings (SSSR count). The van der Waals surface area contributed by atoms with Crippen LogP contribution >= 0.6 is 0 Å². The summed E-state index contributed by atoms with van der Waals surface area (Å²) >= 11 is 0. The van der Waals surface area contributed by atoms with Crippen molar-refractivity contribution in [2.24, 2.45) is 5.41 Å². The highest BCUT2D eigenvalue weighted by atomic mass is 32.2. The number of aromatic amines is 2. The number of rotatable bonds is 8. The fourth-order valence-corrected chi connectivity index (χ4v) is 5.77. The van der Waals surface area contributed by atoms with Gasteiger partial charge in [-0.3, -0.25) is 19.9 Å². The van der Waals surface area contributed by atoms with Crippen LogP contribution in [0.4, 0.5) is 14.5 Å². The lowest BCUT2D eigenvalue weighted by atomic mass is 9.92. The number of H-pyrrole nitrogens is 2. The number of amides is 1. The van der Waals surface area contributed by atoms with E-state index in [-0.39, 0.29) is 51.6 Å². The summed E-state index contributed by atoms with van der Waals surface area (Å²) in [6.45, 7) is 5.88. The van der Waals surface area contributed by atoms with E-state index in [1.165, 1.54) is 36.9 Å². The Balaban J connectivity index is 1.38. The second-order valence-electron chi connectivity index (χ2n) is 12.4.